The highest BCUT2D eigenvalue weighted by molar-refractivity contribution is 5.83. The summed E-state index contributed by atoms with van der Waals surface area (Å²) >= 11 is 0. The molecule has 182 valence electrons. The van der Waals surface area contributed by atoms with Gasteiger partial charge in [-0.05, 0) is 63.4 Å². The lowest BCUT2D eigenvalue weighted by molar-refractivity contribution is -0.0739. The predicted molar refractivity (Wildman–Crippen MR) is 135 cm³/mol. The maximum absolute atomic E-state index is 12.3. The first kappa shape index (κ1) is 23.0. The topological polar surface area (TPSA) is 103 Å². The van der Waals surface area contributed by atoms with E-state index >= 15 is 0 Å². The number of aromatic nitrogens is 2. The van der Waals surface area contributed by atoms with E-state index in [9.17, 15) is 4.79 Å². The highest BCUT2D eigenvalue weighted by atomic mass is 16.6. The normalized spacial score (nSPS) is 16.8. The average Bonchev–Trinajstić information content (AvgIpc) is 2.75. The van der Waals surface area contributed by atoms with Gasteiger partial charge in [-0.2, -0.15) is 0 Å². The van der Waals surface area contributed by atoms with Crippen molar-refractivity contribution in [1.29, 1.82) is 0 Å². The minimum absolute atomic E-state index is 0.170. The van der Waals surface area contributed by atoms with Crippen LogP contribution in [-0.4, -0.2) is 45.7 Å². The molecule has 8 nitrogen and oxygen atoms in total. The zero-order chi connectivity index (χ0) is 24.6. The zero-order valence-corrected chi connectivity index (χ0v) is 20.3. The van der Waals surface area contributed by atoms with Gasteiger partial charge in [0.2, 0.25) is 0 Å². The molecule has 0 unspecified atom stereocenters. The number of anilines is 2. The second-order valence-corrected chi connectivity index (χ2v) is 10.5. The van der Waals surface area contributed by atoms with Gasteiger partial charge in [0.25, 0.3) is 0 Å². The summed E-state index contributed by atoms with van der Waals surface area (Å²) in [5.41, 5.74) is 7.66. The number of hydrogen-bond donors (Lipinski definition) is 2. The molecule has 5 rings (SSSR count). The van der Waals surface area contributed by atoms with Gasteiger partial charge in [-0.25, -0.2) is 14.8 Å². The van der Waals surface area contributed by atoms with Crippen LogP contribution in [0.4, 0.5) is 16.4 Å². The van der Waals surface area contributed by atoms with E-state index in [0.717, 1.165) is 54.4 Å². The Bertz CT molecular complexity index is 1190. The number of para-hydroxylation sites is 1. The fourth-order valence-electron chi connectivity index (χ4n) is 4.87. The average molecular weight is 474 g/mol. The fraction of sp³-hybridized carbons (Fsp3) is 0.370. The lowest BCUT2D eigenvalue weighted by Gasteiger charge is -2.58. The summed E-state index contributed by atoms with van der Waals surface area (Å²) in [4.78, 5) is 22.7. The van der Waals surface area contributed by atoms with Gasteiger partial charge in [0.1, 0.15) is 35.1 Å². The number of hydrogen-bond acceptors (Lipinski definition) is 7. The van der Waals surface area contributed by atoms with E-state index in [0.29, 0.717) is 5.82 Å². The molecule has 3 aromatic rings. The maximum atomic E-state index is 12.3. The van der Waals surface area contributed by atoms with E-state index in [2.05, 4.69) is 15.3 Å². The molecule has 2 heterocycles. The summed E-state index contributed by atoms with van der Waals surface area (Å²) in [6.07, 6.45) is 3.19. The van der Waals surface area contributed by atoms with E-state index < -0.39 is 5.60 Å². The lowest BCUT2D eigenvalue weighted by atomic mass is 9.61. The van der Waals surface area contributed by atoms with Gasteiger partial charge in [0.15, 0.2) is 0 Å². The standard InChI is InChI=1S/C27H31N5O3/c1-26(2,3)35-25(33)32-15-27(16-32)13-19(14-27)31-24-22(23(28)29-17-30-24)18-9-11-21(12-10-18)34-20-7-5-4-6-8-20/h4-12,17,19H,13-16H2,1-3H3,(H3,28,29,30,31). The van der Waals surface area contributed by atoms with E-state index in [1.807, 2.05) is 75.4 Å². The molecule has 8 heteroatoms. The predicted octanol–water partition coefficient (Wildman–Crippen LogP) is 5.33. The number of amides is 1. The Morgan fingerprint density at radius 1 is 1.03 bits per heavy atom. The Hall–Kier alpha value is -3.81. The molecule has 2 fully saturated rings. The fourth-order valence-corrected chi connectivity index (χ4v) is 4.87. The molecule has 1 spiro atoms. The number of nitrogens with two attached hydrogens (primary N) is 1. The molecule has 0 bridgehead atoms. The summed E-state index contributed by atoms with van der Waals surface area (Å²) in [5.74, 6) is 2.67. The minimum atomic E-state index is -0.473. The van der Waals surface area contributed by atoms with Crippen molar-refractivity contribution in [2.75, 3.05) is 24.1 Å². The van der Waals surface area contributed by atoms with Crippen molar-refractivity contribution in [3.8, 4) is 22.6 Å². The Balaban J connectivity index is 1.22. The molecule has 1 aromatic heterocycles. The van der Waals surface area contributed by atoms with Crippen LogP contribution in [0.1, 0.15) is 33.6 Å². The van der Waals surface area contributed by atoms with Crippen LogP contribution in [0.3, 0.4) is 0 Å². The number of carbonyl (C=O) groups is 1. The number of rotatable bonds is 5. The van der Waals surface area contributed by atoms with E-state index in [-0.39, 0.29) is 17.6 Å². The molecular formula is C27H31N5O3. The van der Waals surface area contributed by atoms with Crippen molar-refractivity contribution in [3.63, 3.8) is 0 Å². The number of nitrogens with zero attached hydrogens (tertiary/aromatic N) is 3. The van der Waals surface area contributed by atoms with E-state index in [4.69, 9.17) is 15.2 Å². The van der Waals surface area contributed by atoms with Gasteiger partial charge in [0.05, 0.1) is 5.56 Å². The van der Waals surface area contributed by atoms with Crippen molar-refractivity contribution in [2.45, 2.75) is 45.3 Å². The molecule has 2 aromatic carbocycles. The van der Waals surface area contributed by atoms with Gasteiger partial charge < -0.3 is 25.4 Å². The molecular weight excluding hydrogens is 442 g/mol. The smallest absolute Gasteiger partial charge is 0.410 e. The number of nitrogens with one attached hydrogen (secondary N) is 1. The van der Waals surface area contributed by atoms with Gasteiger partial charge in [-0.1, -0.05) is 30.3 Å². The van der Waals surface area contributed by atoms with Crippen LogP contribution in [0, 0.1) is 5.41 Å². The number of ether oxygens (including phenoxy) is 2. The summed E-state index contributed by atoms with van der Waals surface area (Å²) in [5, 5.41) is 3.55. The molecule has 3 N–H and O–H groups in total. The quantitative estimate of drug-likeness (QED) is 0.516. The van der Waals surface area contributed by atoms with Gasteiger partial charge in [-0.15, -0.1) is 0 Å². The highest BCUT2D eigenvalue weighted by Crippen LogP contribution is 2.50. The molecule has 1 aliphatic heterocycles. The van der Waals surface area contributed by atoms with Crippen LogP contribution in [0.15, 0.2) is 60.9 Å². The third-order valence-corrected chi connectivity index (χ3v) is 6.40. The molecule has 35 heavy (non-hydrogen) atoms. The Morgan fingerprint density at radius 2 is 1.69 bits per heavy atom. The molecule has 1 saturated carbocycles. The molecule has 1 amide bonds. The Morgan fingerprint density at radius 3 is 2.34 bits per heavy atom. The summed E-state index contributed by atoms with van der Waals surface area (Å²) in [6.45, 7) is 7.14. The van der Waals surface area contributed by atoms with Crippen LogP contribution in [0.5, 0.6) is 11.5 Å². The SMILES string of the molecule is CC(C)(C)OC(=O)N1CC2(CC(Nc3ncnc(N)c3-c3ccc(Oc4ccccc4)cc3)C2)C1. The second-order valence-electron chi connectivity index (χ2n) is 10.5. The second kappa shape index (κ2) is 8.76. The zero-order valence-electron chi connectivity index (χ0n) is 20.3. The van der Waals surface area contributed by atoms with E-state index in [1.54, 1.807) is 4.90 Å². The van der Waals surface area contributed by atoms with Crippen molar-refractivity contribution < 1.29 is 14.3 Å². The van der Waals surface area contributed by atoms with Crippen molar-refractivity contribution in [2.24, 2.45) is 5.41 Å². The summed E-state index contributed by atoms with van der Waals surface area (Å²) in [7, 11) is 0. The number of carbonyl (C=O) groups excluding carboxylic acids is 1. The van der Waals surface area contributed by atoms with Crippen molar-refractivity contribution >= 4 is 17.7 Å². The number of nitrogen functional groups attached to an aromatic ring is 1. The first-order valence-corrected chi connectivity index (χ1v) is 11.9. The molecule has 0 atom stereocenters. The van der Waals surface area contributed by atoms with Gasteiger partial charge in [0, 0.05) is 24.5 Å². The first-order valence-electron chi connectivity index (χ1n) is 11.9. The molecule has 1 saturated heterocycles. The third kappa shape index (κ3) is 5.01. The number of likely N-dealkylation sites (tertiary alicyclic amines) is 1. The molecule has 2 aliphatic rings. The highest BCUT2D eigenvalue weighted by Gasteiger charge is 2.54. The summed E-state index contributed by atoms with van der Waals surface area (Å²) in [6, 6.07) is 17.7. The third-order valence-electron chi connectivity index (χ3n) is 6.40. The Kier molecular flexibility index (Phi) is 5.75. The van der Waals surface area contributed by atoms with Gasteiger partial charge in [-0.3, -0.25) is 0 Å². The van der Waals surface area contributed by atoms with Crippen LogP contribution in [0.2, 0.25) is 0 Å². The maximum Gasteiger partial charge on any atom is 0.410 e. The molecule has 1 aliphatic carbocycles. The first-order chi connectivity index (χ1) is 16.7. The van der Waals surface area contributed by atoms with Crippen LogP contribution in [-0.2, 0) is 4.74 Å². The lowest BCUT2D eigenvalue weighted by Crippen LogP contribution is -2.66. The van der Waals surface area contributed by atoms with Crippen LogP contribution < -0.4 is 15.8 Å². The Labute approximate surface area is 205 Å². The van der Waals surface area contributed by atoms with Gasteiger partial charge >= 0.3 is 6.09 Å². The summed E-state index contributed by atoms with van der Waals surface area (Å²) < 4.78 is 11.4. The monoisotopic (exact) mass is 473 g/mol. The van der Waals surface area contributed by atoms with Crippen LogP contribution in [0.25, 0.3) is 11.1 Å². The minimum Gasteiger partial charge on any atom is -0.457 e. The van der Waals surface area contributed by atoms with Crippen LogP contribution >= 0.6 is 0 Å². The van der Waals surface area contributed by atoms with E-state index in [1.165, 1.54) is 6.33 Å². The molecule has 0 radical (unpaired) electrons. The van der Waals surface area contributed by atoms with Crippen molar-refractivity contribution in [3.05, 3.63) is 60.9 Å². The number of benzene rings is 2. The largest absolute Gasteiger partial charge is 0.457 e. The van der Waals surface area contributed by atoms with Crippen molar-refractivity contribution in [1.82, 2.24) is 14.9 Å².